The SMILES string of the molecule is O=C(CSc1cccc(Br)c1)c1ccc(Br)c(Cl)c1F. The normalized spacial score (nSPS) is 10.6. The number of rotatable bonds is 4. The van der Waals surface area contributed by atoms with E-state index in [1.807, 2.05) is 24.3 Å². The van der Waals surface area contributed by atoms with Crippen molar-refractivity contribution in [3.8, 4) is 0 Å². The van der Waals surface area contributed by atoms with Gasteiger partial charge in [-0.2, -0.15) is 0 Å². The summed E-state index contributed by atoms with van der Waals surface area (Å²) >= 11 is 13.6. The first-order valence-electron chi connectivity index (χ1n) is 5.54. The number of hydrogen-bond acceptors (Lipinski definition) is 2. The first-order chi connectivity index (χ1) is 9.49. The molecule has 0 fully saturated rings. The molecule has 2 aromatic carbocycles. The molecule has 6 heteroatoms. The van der Waals surface area contributed by atoms with Gasteiger partial charge < -0.3 is 0 Å². The Labute approximate surface area is 142 Å². The summed E-state index contributed by atoms with van der Waals surface area (Å²) in [4.78, 5) is 13.0. The lowest BCUT2D eigenvalue weighted by Crippen LogP contribution is -2.06. The van der Waals surface area contributed by atoms with Crippen LogP contribution in [-0.4, -0.2) is 11.5 Å². The van der Waals surface area contributed by atoms with Gasteiger partial charge in [0.1, 0.15) is 0 Å². The number of Topliss-reactive ketones (excluding diaryl/α,β-unsaturated/α-hetero) is 1. The molecule has 0 unspecified atom stereocenters. The first-order valence-corrected chi connectivity index (χ1v) is 8.49. The predicted molar refractivity (Wildman–Crippen MR) is 88.3 cm³/mol. The molecule has 0 aliphatic carbocycles. The van der Waals surface area contributed by atoms with E-state index in [0.717, 1.165) is 9.37 Å². The highest BCUT2D eigenvalue weighted by Crippen LogP contribution is 2.29. The molecule has 0 aliphatic heterocycles. The maximum absolute atomic E-state index is 13.9. The molecular formula is C14H8Br2ClFOS. The van der Waals surface area contributed by atoms with E-state index in [0.29, 0.717) is 4.47 Å². The zero-order valence-corrected chi connectivity index (χ0v) is 14.7. The van der Waals surface area contributed by atoms with Crippen molar-refractivity contribution in [2.75, 3.05) is 5.75 Å². The van der Waals surface area contributed by atoms with E-state index in [1.54, 1.807) is 6.07 Å². The Bertz CT molecular complexity index is 664. The molecule has 0 N–H and O–H groups in total. The van der Waals surface area contributed by atoms with E-state index in [9.17, 15) is 9.18 Å². The Kier molecular flexibility index (Phi) is 5.66. The van der Waals surface area contributed by atoms with Crippen molar-refractivity contribution in [3.63, 3.8) is 0 Å². The lowest BCUT2D eigenvalue weighted by molar-refractivity contribution is 0.101. The molecule has 0 atom stereocenters. The van der Waals surface area contributed by atoms with Crippen molar-refractivity contribution in [2.24, 2.45) is 0 Å². The van der Waals surface area contributed by atoms with E-state index >= 15 is 0 Å². The topological polar surface area (TPSA) is 17.1 Å². The molecule has 2 aromatic rings. The summed E-state index contributed by atoms with van der Waals surface area (Å²) in [7, 11) is 0. The van der Waals surface area contributed by atoms with Gasteiger partial charge in [-0.05, 0) is 46.3 Å². The lowest BCUT2D eigenvalue weighted by Gasteiger charge is -2.06. The molecule has 0 amide bonds. The molecule has 0 spiro atoms. The molecule has 2 rings (SSSR count). The molecule has 0 bridgehead atoms. The van der Waals surface area contributed by atoms with Crippen molar-refractivity contribution < 1.29 is 9.18 Å². The van der Waals surface area contributed by atoms with Crippen LogP contribution in [-0.2, 0) is 0 Å². The third-order valence-electron chi connectivity index (χ3n) is 2.50. The average Bonchev–Trinajstić information content (AvgIpc) is 2.42. The van der Waals surface area contributed by atoms with E-state index < -0.39 is 5.82 Å². The Morgan fingerprint density at radius 2 is 2.00 bits per heavy atom. The summed E-state index contributed by atoms with van der Waals surface area (Å²) in [6.07, 6.45) is 0. The second-order valence-electron chi connectivity index (χ2n) is 3.89. The molecule has 0 saturated carbocycles. The van der Waals surface area contributed by atoms with Crippen LogP contribution in [0.2, 0.25) is 5.02 Å². The maximum Gasteiger partial charge on any atom is 0.176 e. The van der Waals surface area contributed by atoms with Crippen LogP contribution >= 0.6 is 55.2 Å². The largest absolute Gasteiger partial charge is 0.293 e. The Morgan fingerprint density at radius 1 is 1.25 bits per heavy atom. The van der Waals surface area contributed by atoms with Gasteiger partial charge in [-0.1, -0.05) is 33.6 Å². The molecule has 0 saturated heterocycles. The van der Waals surface area contributed by atoms with E-state index in [1.165, 1.54) is 17.8 Å². The van der Waals surface area contributed by atoms with Gasteiger partial charge in [0.2, 0.25) is 0 Å². The Hall–Kier alpha value is -0.360. The monoisotopic (exact) mass is 436 g/mol. The van der Waals surface area contributed by atoms with Gasteiger partial charge >= 0.3 is 0 Å². The highest BCUT2D eigenvalue weighted by atomic mass is 79.9. The van der Waals surface area contributed by atoms with Crippen molar-refractivity contribution in [1.29, 1.82) is 0 Å². The minimum absolute atomic E-state index is 0.0145. The standard InChI is InChI=1S/C14H8Br2ClFOS/c15-8-2-1-3-9(6-8)20-7-12(19)10-4-5-11(16)13(17)14(10)18/h1-6H,7H2. The van der Waals surface area contributed by atoms with Crippen LogP contribution < -0.4 is 0 Å². The van der Waals surface area contributed by atoms with Gasteiger partial charge in [-0.3, -0.25) is 4.79 Å². The zero-order chi connectivity index (χ0) is 14.7. The number of carbonyl (C=O) groups is 1. The zero-order valence-electron chi connectivity index (χ0n) is 10.00. The summed E-state index contributed by atoms with van der Waals surface area (Å²) in [5, 5.41) is -0.0664. The quantitative estimate of drug-likeness (QED) is 0.332. The van der Waals surface area contributed by atoms with E-state index in [-0.39, 0.29) is 22.1 Å². The van der Waals surface area contributed by atoms with Crippen LogP contribution in [0.4, 0.5) is 4.39 Å². The second-order valence-corrected chi connectivity index (χ2v) is 7.09. The minimum Gasteiger partial charge on any atom is -0.293 e. The predicted octanol–water partition coefficient (Wildman–Crippen LogP) is 5.98. The molecule has 0 radical (unpaired) electrons. The lowest BCUT2D eigenvalue weighted by atomic mass is 10.1. The smallest absolute Gasteiger partial charge is 0.176 e. The van der Waals surface area contributed by atoms with Gasteiger partial charge in [0.25, 0.3) is 0 Å². The van der Waals surface area contributed by atoms with Gasteiger partial charge in [0.15, 0.2) is 11.6 Å². The summed E-state index contributed by atoms with van der Waals surface area (Å²) in [5.74, 6) is -0.812. The number of hydrogen-bond donors (Lipinski definition) is 0. The van der Waals surface area contributed by atoms with Crippen molar-refractivity contribution in [2.45, 2.75) is 4.90 Å². The highest BCUT2D eigenvalue weighted by Gasteiger charge is 2.16. The van der Waals surface area contributed by atoms with Crippen LogP contribution in [0.25, 0.3) is 0 Å². The van der Waals surface area contributed by atoms with Gasteiger partial charge in [0.05, 0.1) is 16.3 Å². The summed E-state index contributed by atoms with van der Waals surface area (Å²) in [5.41, 5.74) is 0.0145. The maximum atomic E-state index is 13.9. The van der Waals surface area contributed by atoms with Crippen molar-refractivity contribution in [3.05, 3.63) is 61.7 Å². The molecule has 0 aliphatic rings. The number of ketones is 1. The van der Waals surface area contributed by atoms with Crippen LogP contribution in [0.1, 0.15) is 10.4 Å². The van der Waals surface area contributed by atoms with E-state index in [4.69, 9.17) is 11.6 Å². The Balaban J connectivity index is 2.11. The molecule has 20 heavy (non-hydrogen) atoms. The highest BCUT2D eigenvalue weighted by molar-refractivity contribution is 9.10. The fourth-order valence-electron chi connectivity index (χ4n) is 1.52. The van der Waals surface area contributed by atoms with Crippen LogP contribution in [0.3, 0.4) is 0 Å². The number of benzene rings is 2. The molecule has 0 heterocycles. The summed E-state index contributed by atoms with van der Waals surface area (Å²) in [6.45, 7) is 0. The third kappa shape index (κ3) is 3.85. The molecular weight excluding hydrogens is 430 g/mol. The number of thioether (sulfide) groups is 1. The van der Waals surface area contributed by atoms with Crippen LogP contribution in [0.15, 0.2) is 50.2 Å². The average molecular weight is 439 g/mol. The van der Waals surface area contributed by atoms with Crippen LogP contribution in [0.5, 0.6) is 0 Å². The summed E-state index contributed by atoms with van der Waals surface area (Å²) < 4.78 is 15.3. The van der Waals surface area contributed by atoms with Crippen LogP contribution in [0, 0.1) is 5.82 Å². The first kappa shape index (κ1) is 16.0. The van der Waals surface area contributed by atoms with Gasteiger partial charge in [0, 0.05) is 13.8 Å². The molecule has 104 valence electrons. The fourth-order valence-corrected chi connectivity index (χ4v) is 3.38. The molecule has 1 nitrogen and oxygen atoms in total. The second kappa shape index (κ2) is 7.07. The Morgan fingerprint density at radius 3 is 2.70 bits per heavy atom. The minimum atomic E-state index is -0.680. The van der Waals surface area contributed by atoms with Crippen molar-refractivity contribution in [1.82, 2.24) is 0 Å². The van der Waals surface area contributed by atoms with Crippen molar-refractivity contribution >= 4 is 61.0 Å². The summed E-state index contributed by atoms with van der Waals surface area (Å²) in [6, 6.07) is 10.6. The molecule has 0 aromatic heterocycles. The number of halogens is 4. The number of carbonyl (C=O) groups excluding carboxylic acids is 1. The van der Waals surface area contributed by atoms with E-state index in [2.05, 4.69) is 31.9 Å². The van der Waals surface area contributed by atoms with Gasteiger partial charge in [-0.25, -0.2) is 4.39 Å². The van der Waals surface area contributed by atoms with Gasteiger partial charge in [-0.15, -0.1) is 11.8 Å². The third-order valence-corrected chi connectivity index (χ3v) is 5.25. The fraction of sp³-hybridized carbons (Fsp3) is 0.0714.